The third kappa shape index (κ3) is 4.82. The maximum absolute atomic E-state index is 12.6. The fourth-order valence-electron chi connectivity index (χ4n) is 3.02. The van der Waals surface area contributed by atoms with Crippen LogP contribution in [0.2, 0.25) is 0 Å². The molecule has 0 saturated carbocycles. The number of nitrogens with one attached hydrogen (secondary N) is 3. The van der Waals surface area contributed by atoms with Gasteiger partial charge in [-0.25, -0.2) is 9.78 Å². The van der Waals surface area contributed by atoms with Crippen LogP contribution in [0.25, 0.3) is 10.8 Å². The Morgan fingerprint density at radius 1 is 1.03 bits per heavy atom. The average Bonchev–Trinajstić information content (AvgIpc) is 2.68. The Hall–Kier alpha value is -3.61. The molecule has 2 aromatic carbocycles. The molecule has 1 aromatic heterocycles. The molecule has 3 aromatic rings. The lowest BCUT2D eigenvalue weighted by molar-refractivity contribution is 0.102. The number of benzene rings is 2. The Morgan fingerprint density at radius 2 is 1.76 bits per heavy atom. The van der Waals surface area contributed by atoms with Crippen molar-refractivity contribution in [2.75, 3.05) is 36.2 Å². The molecule has 0 bridgehead atoms. The van der Waals surface area contributed by atoms with Crippen molar-refractivity contribution in [2.45, 2.75) is 13.8 Å². The summed E-state index contributed by atoms with van der Waals surface area (Å²) in [6, 6.07) is 12.7. The van der Waals surface area contributed by atoms with E-state index in [1.807, 2.05) is 57.1 Å². The first-order chi connectivity index (χ1) is 13.9. The molecule has 3 amide bonds. The number of pyridine rings is 1. The first-order valence-corrected chi connectivity index (χ1v) is 9.41. The van der Waals surface area contributed by atoms with Gasteiger partial charge in [-0.1, -0.05) is 0 Å². The number of aromatic nitrogens is 1. The van der Waals surface area contributed by atoms with Crippen molar-refractivity contribution in [3.8, 4) is 0 Å². The minimum absolute atomic E-state index is 0.177. The quantitative estimate of drug-likeness (QED) is 0.613. The van der Waals surface area contributed by atoms with Crippen LogP contribution in [-0.4, -0.2) is 37.6 Å². The topological polar surface area (TPSA) is 86.4 Å². The number of nitrogens with zero attached hydrogens (tertiary/aromatic N) is 2. The molecule has 7 nitrogen and oxygen atoms in total. The van der Waals surface area contributed by atoms with Crippen molar-refractivity contribution in [1.29, 1.82) is 0 Å². The number of hydrogen-bond acceptors (Lipinski definition) is 4. The van der Waals surface area contributed by atoms with E-state index in [1.54, 1.807) is 24.4 Å². The minimum Gasteiger partial charge on any atom is -0.378 e. The summed E-state index contributed by atoms with van der Waals surface area (Å²) in [6.45, 7) is 4.34. The summed E-state index contributed by atoms with van der Waals surface area (Å²) in [6.07, 6.45) is 1.72. The molecule has 0 aliphatic carbocycles. The second kappa shape index (κ2) is 8.60. The van der Waals surface area contributed by atoms with E-state index in [2.05, 4.69) is 20.9 Å². The highest BCUT2D eigenvalue weighted by molar-refractivity contribution is 6.06. The zero-order valence-corrected chi connectivity index (χ0v) is 17.0. The van der Waals surface area contributed by atoms with Crippen LogP contribution >= 0.6 is 0 Å². The van der Waals surface area contributed by atoms with E-state index in [0.717, 1.165) is 22.0 Å². The van der Waals surface area contributed by atoms with Gasteiger partial charge in [0.05, 0.1) is 0 Å². The number of aryl methyl sites for hydroxylation is 1. The number of carbonyl (C=O) groups is 2. The van der Waals surface area contributed by atoms with Gasteiger partial charge >= 0.3 is 6.03 Å². The van der Waals surface area contributed by atoms with Crippen molar-refractivity contribution in [3.05, 3.63) is 59.8 Å². The van der Waals surface area contributed by atoms with Crippen molar-refractivity contribution >= 4 is 39.9 Å². The molecule has 29 heavy (non-hydrogen) atoms. The first-order valence-electron chi connectivity index (χ1n) is 9.41. The van der Waals surface area contributed by atoms with Crippen LogP contribution in [0.5, 0.6) is 0 Å². The van der Waals surface area contributed by atoms with Gasteiger partial charge in [0.25, 0.3) is 5.91 Å². The second-order valence-corrected chi connectivity index (χ2v) is 6.96. The number of amides is 3. The van der Waals surface area contributed by atoms with Crippen molar-refractivity contribution < 1.29 is 9.59 Å². The molecule has 0 aliphatic heterocycles. The van der Waals surface area contributed by atoms with Crippen LogP contribution in [0.1, 0.15) is 22.8 Å². The van der Waals surface area contributed by atoms with Crippen LogP contribution in [0, 0.1) is 6.92 Å². The molecular formula is C22H25N5O2. The van der Waals surface area contributed by atoms with E-state index < -0.39 is 0 Å². The summed E-state index contributed by atoms with van der Waals surface area (Å²) in [5, 5.41) is 10.2. The third-order valence-corrected chi connectivity index (χ3v) is 4.53. The average molecular weight is 391 g/mol. The Labute approximate surface area is 170 Å². The van der Waals surface area contributed by atoms with E-state index in [1.165, 1.54) is 0 Å². The number of hydrogen-bond donors (Lipinski definition) is 3. The number of rotatable bonds is 5. The Morgan fingerprint density at radius 3 is 2.41 bits per heavy atom. The fraction of sp³-hybridized carbons (Fsp3) is 0.227. The molecule has 0 spiro atoms. The van der Waals surface area contributed by atoms with Gasteiger partial charge in [0.15, 0.2) is 0 Å². The molecule has 0 unspecified atom stereocenters. The summed E-state index contributed by atoms with van der Waals surface area (Å²) in [4.78, 5) is 30.6. The van der Waals surface area contributed by atoms with Gasteiger partial charge in [-0.15, -0.1) is 0 Å². The van der Waals surface area contributed by atoms with E-state index in [9.17, 15) is 9.59 Å². The molecule has 0 aliphatic rings. The van der Waals surface area contributed by atoms with Crippen molar-refractivity contribution in [2.24, 2.45) is 0 Å². The number of carbonyl (C=O) groups excluding carboxylic acids is 2. The summed E-state index contributed by atoms with van der Waals surface area (Å²) in [5.41, 5.74) is 3.29. The predicted octanol–water partition coefficient (Wildman–Crippen LogP) is 4.00. The zero-order valence-electron chi connectivity index (χ0n) is 17.0. The second-order valence-electron chi connectivity index (χ2n) is 6.96. The summed E-state index contributed by atoms with van der Waals surface area (Å²) >= 11 is 0. The molecule has 0 radical (unpaired) electrons. The molecule has 0 atom stereocenters. The molecular weight excluding hydrogens is 366 g/mol. The van der Waals surface area contributed by atoms with Gasteiger partial charge in [-0.2, -0.15) is 0 Å². The lowest BCUT2D eigenvalue weighted by atomic mass is 10.1. The molecule has 0 saturated heterocycles. The van der Waals surface area contributed by atoms with Crippen molar-refractivity contribution in [3.63, 3.8) is 0 Å². The highest BCUT2D eigenvalue weighted by Crippen LogP contribution is 2.25. The van der Waals surface area contributed by atoms with E-state index in [-0.39, 0.29) is 11.9 Å². The molecule has 3 N–H and O–H groups in total. The Balaban J connectivity index is 1.83. The molecule has 7 heteroatoms. The lowest BCUT2D eigenvalue weighted by Crippen LogP contribution is -2.28. The van der Waals surface area contributed by atoms with Gasteiger partial charge < -0.3 is 15.5 Å². The maximum Gasteiger partial charge on any atom is 0.320 e. The van der Waals surface area contributed by atoms with E-state index >= 15 is 0 Å². The van der Waals surface area contributed by atoms with E-state index in [0.29, 0.717) is 23.6 Å². The van der Waals surface area contributed by atoms with Gasteiger partial charge in [0, 0.05) is 49.2 Å². The number of urea groups is 1. The summed E-state index contributed by atoms with van der Waals surface area (Å²) in [7, 11) is 3.91. The molecule has 3 rings (SSSR count). The Kier molecular flexibility index (Phi) is 5.97. The highest BCUT2D eigenvalue weighted by atomic mass is 16.2. The minimum atomic E-state index is -0.304. The van der Waals surface area contributed by atoms with Gasteiger partial charge in [0.2, 0.25) is 0 Å². The first kappa shape index (κ1) is 20.1. The van der Waals surface area contributed by atoms with Crippen molar-refractivity contribution in [1.82, 2.24) is 10.3 Å². The monoisotopic (exact) mass is 391 g/mol. The number of anilines is 3. The summed E-state index contributed by atoms with van der Waals surface area (Å²) < 4.78 is 0. The van der Waals surface area contributed by atoms with Crippen LogP contribution in [0.3, 0.4) is 0 Å². The Bertz CT molecular complexity index is 1050. The smallest absolute Gasteiger partial charge is 0.320 e. The van der Waals surface area contributed by atoms with Crippen LogP contribution in [0.15, 0.2) is 48.7 Å². The number of fused-ring (bicyclic) bond motifs is 1. The molecule has 0 fully saturated rings. The molecule has 150 valence electrons. The standard InChI is InChI=1S/C22H25N5O2/c1-5-23-22(29)26-20-12-16-11-17(10-14(2)19(16)13-24-20)25-21(28)15-6-8-18(9-7-15)27(3)4/h6-13H,5H2,1-4H3,(H,25,28)(H2,23,24,26,29). The van der Waals surface area contributed by atoms with E-state index in [4.69, 9.17) is 0 Å². The normalized spacial score (nSPS) is 10.5. The largest absolute Gasteiger partial charge is 0.378 e. The maximum atomic E-state index is 12.6. The third-order valence-electron chi connectivity index (χ3n) is 4.53. The molecule has 1 heterocycles. The van der Waals surface area contributed by atoms with Crippen LogP contribution < -0.4 is 20.9 Å². The SMILES string of the molecule is CCNC(=O)Nc1cc2cc(NC(=O)c3ccc(N(C)C)cc3)cc(C)c2cn1. The van der Waals surface area contributed by atoms with Crippen LogP contribution in [-0.2, 0) is 0 Å². The van der Waals surface area contributed by atoms with Crippen LogP contribution in [0.4, 0.5) is 22.0 Å². The predicted molar refractivity (Wildman–Crippen MR) is 118 cm³/mol. The fourth-order valence-corrected chi connectivity index (χ4v) is 3.02. The van der Waals surface area contributed by atoms with Gasteiger partial charge in [-0.05, 0) is 67.3 Å². The summed E-state index contributed by atoms with van der Waals surface area (Å²) in [5.74, 6) is 0.273. The highest BCUT2D eigenvalue weighted by Gasteiger charge is 2.10. The van der Waals surface area contributed by atoms with Gasteiger partial charge in [0.1, 0.15) is 5.82 Å². The lowest BCUT2D eigenvalue weighted by Gasteiger charge is -2.13. The zero-order chi connectivity index (χ0) is 21.0. The van der Waals surface area contributed by atoms with Gasteiger partial charge in [-0.3, -0.25) is 10.1 Å².